The SMILES string of the molecule is O=C(O)c1c(Cl)cccc1NCC(F)F. The summed E-state index contributed by atoms with van der Waals surface area (Å²) in [5, 5.41) is 11.1. The summed E-state index contributed by atoms with van der Waals surface area (Å²) in [6.07, 6.45) is -2.55. The van der Waals surface area contributed by atoms with Gasteiger partial charge in [0.1, 0.15) is 5.56 Å². The number of rotatable bonds is 4. The first-order chi connectivity index (χ1) is 7.02. The van der Waals surface area contributed by atoms with Crippen molar-refractivity contribution in [2.24, 2.45) is 0 Å². The van der Waals surface area contributed by atoms with E-state index in [2.05, 4.69) is 5.32 Å². The van der Waals surface area contributed by atoms with Crippen LogP contribution in [-0.4, -0.2) is 24.0 Å². The number of alkyl halides is 2. The molecular formula is C9H8ClF2NO2. The van der Waals surface area contributed by atoms with Crippen molar-refractivity contribution in [3.05, 3.63) is 28.8 Å². The summed E-state index contributed by atoms with van der Waals surface area (Å²) in [6, 6.07) is 4.26. The Morgan fingerprint density at radius 3 is 2.73 bits per heavy atom. The van der Waals surface area contributed by atoms with E-state index in [-0.39, 0.29) is 16.3 Å². The molecule has 3 nitrogen and oxygen atoms in total. The molecule has 0 bridgehead atoms. The van der Waals surface area contributed by atoms with Gasteiger partial charge in [-0.15, -0.1) is 0 Å². The van der Waals surface area contributed by atoms with Gasteiger partial charge in [0, 0.05) is 0 Å². The molecule has 82 valence electrons. The summed E-state index contributed by atoms with van der Waals surface area (Å²) in [5.41, 5.74) is -0.102. The first-order valence-electron chi connectivity index (χ1n) is 4.06. The van der Waals surface area contributed by atoms with Gasteiger partial charge in [-0.2, -0.15) is 0 Å². The van der Waals surface area contributed by atoms with E-state index in [9.17, 15) is 13.6 Å². The lowest BCUT2D eigenvalue weighted by Crippen LogP contribution is -2.13. The summed E-state index contributed by atoms with van der Waals surface area (Å²) in [7, 11) is 0. The van der Waals surface area contributed by atoms with E-state index < -0.39 is 18.9 Å². The van der Waals surface area contributed by atoms with Crippen LogP contribution in [0.15, 0.2) is 18.2 Å². The molecule has 15 heavy (non-hydrogen) atoms. The zero-order chi connectivity index (χ0) is 11.4. The molecule has 0 amide bonds. The fourth-order valence-corrected chi connectivity index (χ4v) is 1.33. The molecule has 0 aliphatic rings. The quantitative estimate of drug-likeness (QED) is 0.844. The van der Waals surface area contributed by atoms with Gasteiger partial charge in [-0.3, -0.25) is 0 Å². The molecule has 0 atom stereocenters. The highest BCUT2D eigenvalue weighted by Crippen LogP contribution is 2.24. The highest BCUT2D eigenvalue weighted by Gasteiger charge is 2.14. The fraction of sp³-hybridized carbons (Fsp3) is 0.222. The number of benzene rings is 1. The van der Waals surface area contributed by atoms with Crippen LogP contribution >= 0.6 is 11.6 Å². The van der Waals surface area contributed by atoms with Crippen molar-refractivity contribution >= 4 is 23.3 Å². The zero-order valence-electron chi connectivity index (χ0n) is 7.51. The van der Waals surface area contributed by atoms with Crippen LogP contribution in [0.1, 0.15) is 10.4 Å². The van der Waals surface area contributed by atoms with Gasteiger partial charge in [0.05, 0.1) is 17.3 Å². The lowest BCUT2D eigenvalue weighted by atomic mass is 10.2. The number of anilines is 1. The molecule has 0 aliphatic carbocycles. The van der Waals surface area contributed by atoms with Gasteiger partial charge < -0.3 is 10.4 Å². The molecule has 1 rings (SSSR count). The van der Waals surface area contributed by atoms with E-state index in [1.54, 1.807) is 0 Å². The second-order valence-corrected chi connectivity index (χ2v) is 3.15. The Labute approximate surface area is 89.7 Å². The number of carboxylic acid groups (broad SMARTS) is 1. The fourth-order valence-electron chi connectivity index (χ4n) is 1.08. The lowest BCUT2D eigenvalue weighted by Gasteiger charge is -2.09. The van der Waals surface area contributed by atoms with Crippen molar-refractivity contribution in [1.29, 1.82) is 0 Å². The molecule has 0 aliphatic heterocycles. The Morgan fingerprint density at radius 1 is 1.53 bits per heavy atom. The molecule has 0 spiro atoms. The topological polar surface area (TPSA) is 49.3 Å². The molecule has 2 N–H and O–H groups in total. The minimum absolute atomic E-state index is 0.0155. The monoisotopic (exact) mass is 235 g/mol. The van der Waals surface area contributed by atoms with E-state index in [0.717, 1.165) is 0 Å². The maximum atomic E-state index is 11.9. The standard InChI is InChI=1S/C9H8ClF2NO2/c10-5-2-1-3-6(8(5)9(14)15)13-4-7(11)12/h1-3,7,13H,4H2,(H,14,15). The predicted molar refractivity (Wildman–Crippen MR) is 52.9 cm³/mol. The summed E-state index contributed by atoms with van der Waals surface area (Å²) in [4.78, 5) is 10.8. The van der Waals surface area contributed by atoms with Crippen molar-refractivity contribution < 1.29 is 18.7 Å². The predicted octanol–water partition coefficient (Wildman–Crippen LogP) is 2.72. The molecule has 0 unspecified atom stereocenters. The summed E-state index contributed by atoms with van der Waals surface area (Å²) in [6.45, 7) is -0.610. The van der Waals surface area contributed by atoms with Crippen LogP contribution in [0.2, 0.25) is 5.02 Å². The van der Waals surface area contributed by atoms with Crippen LogP contribution in [0, 0.1) is 0 Å². The van der Waals surface area contributed by atoms with E-state index in [4.69, 9.17) is 16.7 Å². The molecule has 1 aromatic carbocycles. The maximum Gasteiger partial charge on any atom is 0.339 e. The smallest absolute Gasteiger partial charge is 0.339 e. The van der Waals surface area contributed by atoms with Crippen LogP contribution in [0.5, 0.6) is 0 Å². The molecule has 0 fully saturated rings. The second-order valence-electron chi connectivity index (χ2n) is 2.74. The van der Waals surface area contributed by atoms with Gasteiger partial charge in [-0.05, 0) is 12.1 Å². The van der Waals surface area contributed by atoms with Crippen LogP contribution < -0.4 is 5.32 Å². The molecule has 0 radical (unpaired) electrons. The molecule has 1 aromatic rings. The number of aromatic carboxylic acids is 1. The molecule has 0 aromatic heterocycles. The average Bonchev–Trinajstić information content (AvgIpc) is 2.13. The third kappa shape index (κ3) is 3.06. The van der Waals surface area contributed by atoms with Crippen molar-refractivity contribution in [3.8, 4) is 0 Å². The Kier molecular flexibility index (Phi) is 3.85. The second kappa shape index (κ2) is 4.93. The summed E-state index contributed by atoms with van der Waals surface area (Å²) >= 11 is 5.63. The third-order valence-corrected chi connectivity index (χ3v) is 1.99. The average molecular weight is 236 g/mol. The minimum atomic E-state index is -2.55. The van der Waals surface area contributed by atoms with E-state index >= 15 is 0 Å². The Balaban J connectivity index is 2.96. The highest BCUT2D eigenvalue weighted by atomic mass is 35.5. The number of carbonyl (C=O) groups is 1. The molecule has 0 saturated carbocycles. The Bertz CT molecular complexity index is 371. The zero-order valence-corrected chi connectivity index (χ0v) is 8.26. The highest BCUT2D eigenvalue weighted by molar-refractivity contribution is 6.34. The van der Waals surface area contributed by atoms with Gasteiger partial charge in [0.25, 0.3) is 6.43 Å². The largest absolute Gasteiger partial charge is 0.478 e. The maximum absolute atomic E-state index is 11.9. The third-order valence-electron chi connectivity index (χ3n) is 1.67. The normalized spacial score (nSPS) is 10.4. The van der Waals surface area contributed by atoms with Crippen LogP contribution in [-0.2, 0) is 0 Å². The van der Waals surface area contributed by atoms with Gasteiger partial charge in [-0.25, -0.2) is 13.6 Å². The molecule has 0 heterocycles. The molecular weight excluding hydrogens is 228 g/mol. The van der Waals surface area contributed by atoms with Gasteiger partial charge in [0.2, 0.25) is 0 Å². The van der Waals surface area contributed by atoms with Crippen molar-refractivity contribution in [2.45, 2.75) is 6.43 Å². The van der Waals surface area contributed by atoms with E-state index in [1.807, 2.05) is 0 Å². The van der Waals surface area contributed by atoms with Gasteiger partial charge in [0.15, 0.2) is 0 Å². The van der Waals surface area contributed by atoms with E-state index in [0.29, 0.717) is 0 Å². The number of carboxylic acids is 1. The van der Waals surface area contributed by atoms with Crippen LogP contribution in [0.3, 0.4) is 0 Å². The molecule has 0 saturated heterocycles. The Morgan fingerprint density at radius 2 is 2.20 bits per heavy atom. The number of hydrogen-bond acceptors (Lipinski definition) is 2. The van der Waals surface area contributed by atoms with Crippen molar-refractivity contribution in [1.82, 2.24) is 0 Å². The number of nitrogens with one attached hydrogen (secondary N) is 1. The molecule has 6 heteroatoms. The lowest BCUT2D eigenvalue weighted by molar-refractivity contribution is 0.0697. The summed E-state index contributed by atoms with van der Waals surface area (Å²) in [5.74, 6) is -1.25. The summed E-state index contributed by atoms with van der Waals surface area (Å²) < 4.78 is 23.8. The van der Waals surface area contributed by atoms with Gasteiger partial charge in [-0.1, -0.05) is 17.7 Å². The van der Waals surface area contributed by atoms with Crippen LogP contribution in [0.4, 0.5) is 14.5 Å². The minimum Gasteiger partial charge on any atom is -0.478 e. The number of halogens is 3. The van der Waals surface area contributed by atoms with Crippen molar-refractivity contribution in [2.75, 3.05) is 11.9 Å². The van der Waals surface area contributed by atoms with E-state index in [1.165, 1.54) is 18.2 Å². The van der Waals surface area contributed by atoms with Gasteiger partial charge >= 0.3 is 5.97 Å². The first-order valence-corrected chi connectivity index (χ1v) is 4.44. The number of hydrogen-bond donors (Lipinski definition) is 2. The van der Waals surface area contributed by atoms with Crippen molar-refractivity contribution in [3.63, 3.8) is 0 Å². The Hall–Kier alpha value is -1.36. The first kappa shape index (κ1) is 11.7. The van der Waals surface area contributed by atoms with Crippen LogP contribution in [0.25, 0.3) is 0 Å².